The summed E-state index contributed by atoms with van der Waals surface area (Å²) in [4.78, 5) is 21.7. The predicted octanol–water partition coefficient (Wildman–Crippen LogP) is 4.44. The molecule has 3 N–H and O–H groups in total. The van der Waals surface area contributed by atoms with E-state index in [-0.39, 0.29) is 65.3 Å². The summed E-state index contributed by atoms with van der Waals surface area (Å²) in [6.07, 6.45) is -2.69. The number of alkyl halides is 4. The number of pyridine rings is 2. The third-order valence-corrected chi connectivity index (χ3v) is 10.9. The van der Waals surface area contributed by atoms with Crippen molar-refractivity contribution in [1.82, 2.24) is 30.2 Å². The predicted molar refractivity (Wildman–Crippen MR) is 170 cm³/mol. The fourth-order valence-electron chi connectivity index (χ4n) is 8.35. The van der Waals surface area contributed by atoms with Crippen molar-refractivity contribution in [2.24, 2.45) is 5.41 Å². The normalized spacial score (nSPS) is 29.0. The standard InChI is InChI=1S/C33H39F5N8O3/c1-15-24(33(36,37)38)18(10-22(39)40-15)26-25(35)27-23-29(46-11-17-4-5-20(41-17)28(46)16(2)49-30(23)42-26)44-31(43-27)48-14-32(7-8-32)13-45-9-6-21(47-3)19(34)12-45/h10,16-17,19-21,28,41H,4-9,11-14H2,1-3H3,(H2,39,40)/t16-,17+,19-,20-,21+,28+/m0/s1. The van der Waals surface area contributed by atoms with Gasteiger partial charge in [0.05, 0.1) is 30.0 Å². The topological polar surface area (TPSA) is 124 Å². The highest BCUT2D eigenvalue weighted by Crippen LogP contribution is 2.49. The van der Waals surface area contributed by atoms with Crippen LogP contribution in [0.3, 0.4) is 0 Å². The van der Waals surface area contributed by atoms with Crippen molar-refractivity contribution < 1.29 is 36.2 Å². The molecule has 6 atom stereocenters. The van der Waals surface area contributed by atoms with Gasteiger partial charge in [-0.05, 0) is 52.0 Å². The van der Waals surface area contributed by atoms with E-state index in [0.29, 0.717) is 31.9 Å². The molecule has 4 aliphatic heterocycles. The first-order valence-electron chi connectivity index (χ1n) is 16.8. The van der Waals surface area contributed by atoms with Gasteiger partial charge in [-0.2, -0.15) is 23.1 Å². The minimum atomic E-state index is -4.87. The van der Waals surface area contributed by atoms with E-state index in [2.05, 4.69) is 30.1 Å². The smallest absolute Gasteiger partial charge is 0.418 e. The zero-order valence-corrected chi connectivity index (χ0v) is 27.5. The minimum absolute atomic E-state index is 0.0533. The maximum atomic E-state index is 16.8. The molecule has 16 heteroatoms. The van der Waals surface area contributed by atoms with Gasteiger partial charge in [0, 0.05) is 56.4 Å². The number of halogens is 5. The lowest BCUT2D eigenvalue weighted by Gasteiger charge is -2.42. The molecule has 3 aromatic rings. The van der Waals surface area contributed by atoms with Crippen molar-refractivity contribution in [1.29, 1.82) is 0 Å². The second kappa shape index (κ2) is 11.7. The molecular weight excluding hydrogens is 651 g/mol. The number of nitrogen functional groups attached to an aromatic ring is 1. The average Bonchev–Trinajstić information content (AvgIpc) is 3.73. The van der Waals surface area contributed by atoms with Gasteiger partial charge >= 0.3 is 12.2 Å². The largest absolute Gasteiger partial charge is 0.472 e. The van der Waals surface area contributed by atoms with Crippen LogP contribution in [0.5, 0.6) is 11.9 Å². The van der Waals surface area contributed by atoms with Gasteiger partial charge < -0.3 is 30.2 Å². The minimum Gasteiger partial charge on any atom is -0.472 e. The first-order valence-corrected chi connectivity index (χ1v) is 16.8. The quantitative estimate of drug-likeness (QED) is 0.342. The Morgan fingerprint density at radius 1 is 1.12 bits per heavy atom. The van der Waals surface area contributed by atoms with Gasteiger partial charge in [0.2, 0.25) is 5.88 Å². The van der Waals surface area contributed by atoms with Gasteiger partial charge in [0.15, 0.2) is 5.82 Å². The Morgan fingerprint density at radius 3 is 2.63 bits per heavy atom. The molecule has 7 heterocycles. The zero-order valence-electron chi connectivity index (χ0n) is 27.5. The second-order valence-electron chi connectivity index (χ2n) is 14.3. The summed E-state index contributed by atoms with van der Waals surface area (Å²) in [7, 11) is 1.52. The molecule has 3 saturated heterocycles. The van der Waals surface area contributed by atoms with E-state index in [9.17, 15) is 17.6 Å². The monoisotopic (exact) mass is 690 g/mol. The van der Waals surface area contributed by atoms with Crippen LogP contribution in [0.4, 0.5) is 33.6 Å². The Morgan fingerprint density at radius 2 is 1.92 bits per heavy atom. The fourth-order valence-corrected chi connectivity index (χ4v) is 8.35. The Bertz CT molecular complexity index is 1790. The van der Waals surface area contributed by atoms with Gasteiger partial charge in [-0.25, -0.2) is 18.7 Å². The zero-order chi connectivity index (χ0) is 34.4. The summed E-state index contributed by atoms with van der Waals surface area (Å²) in [5.41, 5.74) is 2.66. The van der Waals surface area contributed by atoms with Crippen molar-refractivity contribution in [2.75, 3.05) is 50.5 Å². The highest BCUT2D eigenvalue weighted by molar-refractivity contribution is 5.97. The van der Waals surface area contributed by atoms with Crippen LogP contribution in [-0.4, -0.2) is 101 Å². The van der Waals surface area contributed by atoms with Gasteiger partial charge in [-0.3, -0.25) is 4.90 Å². The number of anilines is 2. The van der Waals surface area contributed by atoms with E-state index in [1.54, 1.807) is 0 Å². The molecule has 8 rings (SSSR count). The molecule has 2 bridgehead atoms. The molecule has 0 spiro atoms. The summed E-state index contributed by atoms with van der Waals surface area (Å²) >= 11 is 0. The molecule has 1 aliphatic carbocycles. The van der Waals surface area contributed by atoms with E-state index >= 15 is 4.39 Å². The summed E-state index contributed by atoms with van der Waals surface area (Å²) in [5, 5.41) is 3.81. The number of fused-ring (bicyclic) bond motifs is 5. The van der Waals surface area contributed by atoms with Crippen LogP contribution >= 0.6 is 0 Å². The summed E-state index contributed by atoms with van der Waals surface area (Å²) in [5.74, 6) is -0.986. The van der Waals surface area contributed by atoms with Gasteiger partial charge in [0.1, 0.15) is 40.5 Å². The lowest BCUT2D eigenvalue weighted by molar-refractivity contribution is -0.137. The van der Waals surface area contributed by atoms with E-state index < -0.39 is 52.9 Å². The molecule has 4 fully saturated rings. The van der Waals surface area contributed by atoms with Crippen LogP contribution in [-0.2, 0) is 10.9 Å². The number of nitrogens with zero attached hydrogens (tertiary/aromatic N) is 6. The number of rotatable bonds is 7. The summed E-state index contributed by atoms with van der Waals surface area (Å²) in [6.45, 7) is 5.40. The summed E-state index contributed by atoms with van der Waals surface area (Å²) < 4.78 is 92.6. The molecular formula is C33H39F5N8O3. The Balaban J connectivity index is 1.22. The van der Waals surface area contributed by atoms with Gasteiger partial charge in [-0.1, -0.05) is 0 Å². The number of aryl methyl sites for hydroxylation is 1. The number of piperidine rings is 1. The Kier molecular flexibility index (Phi) is 7.79. The number of methoxy groups -OCH3 is 1. The first kappa shape index (κ1) is 32.6. The van der Waals surface area contributed by atoms with Crippen LogP contribution in [0.1, 0.15) is 50.3 Å². The van der Waals surface area contributed by atoms with Crippen LogP contribution in [0.15, 0.2) is 6.07 Å². The van der Waals surface area contributed by atoms with Gasteiger partial charge in [-0.15, -0.1) is 0 Å². The number of hydrogen-bond donors (Lipinski definition) is 2. The maximum absolute atomic E-state index is 16.8. The third-order valence-electron chi connectivity index (χ3n) is 10.9. The summed E-state index contributed by atoms with van der Waals surface area (Å²) in [6, 6.07) is 0.888. The second-order valence-corrected chi connectivity index (χ2v) is 14.3. The molecule has 11 nitrogen and oxygen atoms in total. The van der Waals surface area contributed by atoms with E-state index in [4.69, 9.17) is 24.9 Å². The Hall–Kier alpha value is -3.63. The van der Waals surface area contributed by atoms with E-state index in [0.717, 1.165) is 31.7 Å². The molecule has 49 heavy (non-hydrogen) atoms. The van der Waals surface area contributed by atoms with Crippen molar-refractivity contribution >= 4 is 22.5 Å². The lowest BCUT2D eigenvalue weighted by atomic mass is 9.99. The number of ether oxygens (including phenoxy) is 3. The number of piperazine rings is 1. The fraction of sp³-hybridized carbons (Fsp3) is 0.636. The molecule has 0 unspecified atom stereocenters. The first-order chi connectivity index (χ1) is 23.3. The molecule has 5 aliphatic rings. The molecule has 0 aromatic carbocycles. The van der Waals surface area contributed by atoms with Crippen LogP contribution in [0.2, 0.25) is 0 Å². The molecule has 1 saturated carbocycles. The molecule has 0 radical (unpaired) electrons. The van der Waals surface area contributed by atoms with Crippen molar-refractivity contribution in [3.05, 3.63) is 23.1 Å². The maximum Gasteiger partial charge on any atom is 0.418 e. The lowest BCUT2D eigenvalue weighted by Crippen LogP contribution is -2.62. The number of nitrogens with two attached hydrogens (primary N) is 1. The van der Waals surface area contributed by atoms with Crippen molar-refractivity contribution in [2.45, 2.75) is 88.6 Å². The van der Waals surface area contributed by atoms with E-state index in [1.807, 2.05) is 6.92 Å². The van der Waals surface area contributed by atoms with Crippen LogP contribution in [0.25, 0.3) is 22.2 Å². The number of likely N-dealkylation sites (tertiary alicyclic amines) is 1. The average molecular weight is 691 g/mol. The number of nitrogens with one attached hydrogen (secondary N) is 1. The van der Waals surface area contributed by atoms with Crippen LogP contribution < -0.4 is 25.4 Å². The molecule has 3 aromatic heterocycles. The number of aromatic nitrogens is 4. The van der Waals surface area contributed by atoms with E-state index in [1.165, 1.54) is 14.0 Å². The third kappa shape index (κ3) is 5.68. The Labute approximate surface area is 279 Å². The van der Waals surface area contributed by atoms with Crippen molar-refractivity contribution in [3.63, 3.8) is 0 Å². The number of hydrogen-bond acceptors (Lipinski definition) is 11. The SMILES string of the molecule is CO[C@@H]1CCN(CC2(COc3nc4c5c(nc(-c6cc(N)nc(C)c6C(F)(F)F)c(F)c5n3)O[C@@H](C)[C@@H]3[C@@H]5CC[C@H](CN43)N5)CC2)C[C@@H]1F. The van der Waals surface area contributed by atoms with Gasteiger partial charge in [0.25, 0.3) is 0 Å². The van der Waals surface area contributed by atoms with Crippen molar-refractivity contribution in [3.8, 4) is 23.1 Å². The van der Waals surface area contributed by atoms with Crippen LogP contribution in [0, 0.1) is 18.2 Å². The highest BCUT2D eigenvalue weighted by Gasteiger charge is 2.49. The molecule has 264 valence electrons. The molecule has 0 amide bonds. The highest BCUT2D eigenvalue weighted by atomic mass is 19.4.